The predicted octanol–water partition coefficient (Wildman–Crippen LogP) is 3.40. The molecular formula is C12H25NO. The number of unbranched alkanes of at least 4 members (excludes halogenated alkanes) is 2. The van der Waals surface area contributed by atoms with E-state index in [0.29, 0.717) is 0 Å². The van der Waals surface area contributed by atoms with Crippen molar-refractivity contribution in [1.29, 1.82) is 0 Å². The molecular weight excluding hydrogens is 174 g/mol. The molecule has 0 saturated carbocycles. The molecule has 0 bridgehead atoms. The van der Waals surface area contributed by atoms with Gasteiger partial charge in [0.25, 0.3) is 0 Å². The van der Waals surface area contributed by atoms with Crippen LogP contribution in [0.15, 0.2) is 12.7 Å². The van der Waals surface area contributed by atoms with Gasteiger partial charge in [-0.15, -0.1) is 6.58 Å². The van der Waals surface area contributed by atoms with Gasteiger partial charge in [-0.1, -0.05) is 32.8 Å². The highest BCUT2D eigenvalue weighted by Gasteiger charge is 2.01. The van der Waals surface area contributed by atoms with Gasteiger partial charge in [-0.25, -0.2) is 0 Å². The Morgan fingerprint density at radius 3 is 2.50 bits per heavy atom. The second-order valence-corrected chi connectivity index (χ2v) is 3.55. The lowest BCUT2D eigenvalue weighted by Crippen LogP contribution is -2.26. The fraction of sp³-hybridized carbons (Fsp3) is 0.833. The normalized spacial score (nSPS) is 10.8. The van der Waals surface area contributed by atoms with Crippen LogP contribution in [0.4, 0.5) is 0 Å². The molecule has 0 spiro atoms. The van der Waals surface area contributed by atoms with Gasteiger partial charge < -0.3 is 0 Å². The number of hydrogen-bond acceptors (Lipinski definition) is 2. The first-order chi connectivity index (χ1) is 6.85. The summed E-state index contributed by atoms with van der Waals surface area (Å²) in [6, 6.07) is 0. The van der Waals surface area contributed by atoms with Crippen molar-refractivity contribution in [3.05, 3.63) is 12.7 Å². The first-order valence-corrected chi connectivity index (χ1v) is 5.83. The van der Waals surface area contributed by atoms with Crippen LogP contribution in [-0.2, 0) is 4.84 Å². The van der Waals surface area contributed by atoms with E-state index in [2.05, 4.69) is 25.5 Å². The van der Waals surface area contributed by atoms with E-state index >= 15 is 0 Å². The Kier molecular flexibility index (Phi) is 10.5. The Hall–Kier alpha value is -0.340. The summed E-state index contributed by atoms with van der Waals surface area (Å²) < 4.78 is 0. The minimum Gasteiger partial charge on any atom is -0.299 e. The molecule has 0 aliphatic carbocycles. The van der Waals surface area contributed by atoms with Crippen molar-refractivity contribution in [2.45, 2.75) is 46.0 Å². The predicted molar refractivity (Wildman–Crippen MR) is 62.2 cm³/mol. The number of hydroxylamine groups is 2. The summed E-state index contributed by atoms with van der Waals surface area (Å²) >= 11 is 0. The van der Waals surface area contributed by atoms with Crippen molar-refractivity contribution in [1.82, 2.24) is 5.06 Å². The van der Waals surface area contributed by atoms with Gasteiger partial charge in [-0.05, 0) is 19.3 Å². The van der Waals surface area contributed by atoms with E-state index < -0.39 is 0 Å². The van der Waals surface area contributed by atoms with Gasteiger partial charge in [0, 0.05) is 13.1 Å². The van der Waals surface area contributed by atoms with E-state index in [1.807, 2.05) is 6.08 Å². The van der Waals surface area contributed by atoms with Crippen molar-refractivity contribution in [2.24, 2.45) is 0 Å². The lowest BCUT2D eigenvalue weighted by atomic mass is 10.3. The quantitative estimate of drug-likeness (QED) is 0.304. The monoisotopic (exact) mass is 199 g/mol. The van der Waals surface area contributed by atoms with Gasteiger partial charge in [-0.2, -0.15) is 5.06 Å². The average molecular weight is 199 g/mol. The van der Waals surface area contributed by atoms with Crippen LogP contribution in [0.3, 0.4) is 0 Å². The lowest BCUT2D eigenvalue weighted by Gasteiger charge is -2.20. The molecule has 84 valence electrons. The molecule has 0 aliphatic heterocycles. The van der Waals surface area contributed by atoms with E-state index in [4.69, 9.17) is 4.84 Å². The van der Waals surface area contributed by atoms with E-state index in [-0.39, 0.29) is 0 Å². The topological polar surface area (TPSA) is 12.5 Å². The molecule has 0 unspecified atom stereocenters. The van der Waals surface area contributed by atoms with Crippen LogP contribution in [-0.4, -0.2) is 24.8 Å². The Bertz CT molecular complexity index is 125. The van der Waals surface area contributed by atoms with Crippen LogP contribution < -0.4 is 0 Å². The summed E-state index contributed by atoms with van der Waals surface area (Å²) in [5, 5.41) is 2.07. The largest absolute Gasteiger partial charge is 0.299 e. The first-order valence-electron chi connectivity index (χ1n) is 5.83. The summed E-state index contributed by atoms with van der Waals surface area (Å²) in [6.07, 6.45) is 7.78. The molecule has 0 amide bonds. The van der Waals surface area contributed by atoms with Crippen molar-refractivity contribution in [3.8, 4) is 0 Å². The third kappa shape index (κ3) is 8.27. The van der Waals surface area contributed by atoms with Crippen molar-refractivity contribution < 1.29 is 4.84 Å². The summed E-state index contributed by atoms with van der Waals surface area (Å²) in [5.41, 5.74) is 0. The molecule has 0 aromatic rings. The fourth-order valence-electron chi connectivity index (χ4n) is 1.27. The molecule has 0 aromatic heterocycles. The molecule has 0 aliphatic rings. The lowest BCUT2D eigenvalue weighted by molar-refractivity contribution is -0.159. The van der Waals surface area contributed by atoms with Gasteiger partial charge in [0.05, 0.1) is 6.61 Å². The van der Waals surface area contributed by atoms with Crippen molar-refractivity contribution in [2.75, 3.05) is 19.7 Å². The maximum atomic E-state index is 5.67. The van der Waals surface area contributed by atoms with Crippen LogP contribution in [0.5, 0.6) is 0 Å². The van der Waals surface area contributed by atoms with Crippen molar-refractivity contribution >= 4 is 0 Å². The summed E-state index contributed by atoms with van der Waals surface area (Å²) in [7, 11) is 0. The van der Waals surface area contributed by atoms with Crippen LogP contribution in [0.25, 0.3) is 0 Å². The van der Waals surface area contributed by atoms with Crippen LogP contribution in [0.1, 0.15) is 46.0 Å². The van der Waals surface area contributed by atoms with Crippen LogP contribution >= 0.6 is 0 Å². The van der Waals surface area contributed by atoms with E-state index in [9.17, 15) is 0 Å². The molecule has 0 fully saturated rings. The Balaban J connectivity index is 3.45. The van der Waals surface area contributed by atoms with Crippen LogP contribution in [0.2, 0.25) is 0 Å². The van der Waals surface area contributed by atoms with Gasteiger partial charge in [0.1, 0.15) is 0 Å². The van der Waals surface area contributed by atoms with Crippen LogP contribution in [0, 0.1) is 0 Å². The van der Waals surface area contributed by atoms with Gasteiger partial charge in [0.2, 0.25) is 0 Å². The zero-order valence-corrected chi connectivity index (χ0v) is 9.80. The summed E-state index contributed by atoms with van der Waals surface area (Å²) in [6.45, 7) is 11.0. The second kappa shape index (κ2) is 10.7. The number of rotatable bonds is 10. The molecule has 2 heteroatoms. The summed E-state index contributed by atoms with van der Waals surface area (Å²) in [5.74, 6) is 0. The third-order valence-corrected chi connectivity index (χ3v) is 2.08. The Morgan fingerprint density at radius 1 is 1.14 bits per heavy atom. The van der Waals surface area contributed by atoms with Crippen molar-refractivity contribution in [3.63, 3.8) is 0 Å². The van der Waals surface area contributed by atoms with E-state index in [1.165, 1.54) is 19.3 Å². The third-order valence-electron chi connectivity index (χ3n) is 2.08. The number of nitrogens with zero attached hydrogens (tertiary/aromatic N) is 1. The molecule has 0 aromatic carbocycles. The molecule has 0 heterocycles. The molecule has 0 atom stereocenters. The smallest absolute Gasteiger partial charge is 0.0685 e. The zero-order chi connectivity index (χ0) is 10.6. The van der Waals surface area contributed by atoms with Gasteiger partial charge in [0.15, 0.2) is 0 Å². The molecule has 14 heavy (non-hydrogen) atoms. The Labute approximate surface area is 88.9 Å². The standard InChI is InChI=1S/C12H25NO/c1-4-7-9-12-14-13(10-6-3)11-8-5-2/h5H,2,4,6-12H2,1,3H3. The Morgan fingerprint density at radius 2 is 1.93 bits per heavy atom. The maximum absolute atomic E-state index is 5.67. The molecule has 0 rings (SSSR count). The molecule has 0 saturated heterocycles. The minimum absolute atomic E-state index is 0.866. The van der Waals surface area contributed by atoms with Gasteiger partial charge in [-0.3, -0.25) is 4.84 Å². The number of hydrogen-bond donors (Lipinski definition) is 0. The fourth-order valence-corrected chi connectivity index (χ4v) is 1.27. The van der Waals surface area contributed by atoms with E-state index in [0.717, 1.165) is 32.5 Å². The molecule has 2 nitrogen and oxygen atoms in total. The first kappa shape index (κ1) is 13.7. The highest BCUT2D eigenvalue weighted by atomic mass is 16.7. The SMILES string of the molecule is C=CCCN(CCC)OCCCCC. The zero-order valence-electron chi connectivity index (χ0n) is 9.80. The maximum Gasteiger partial charge on any atom is 0.0685 e. The second-order valence-electron chi connectivity index (χ2n) is 3.55. The minimum atomic E-state index is 0.866. The highest BCUT2D eigenvalue weighted by molar-refractivity contribution is 4.67. The highest BCUT2D eigenvalue weighted by Crippen LogP contribution is 2.00. The van der Waals surface area contributed by atoms with E-state index in [1.54, 1.807) is 0 Å². The molecule has 0 N–H and O–H groups in total. The molecule has 0 radical (unpaired) electrons. The average Bonchev–Trinajstić information content (AvgIpc) is 2.20. The van der Waals surface area contributed by atoms with Gasteiger partial charge >= 0.3 is 0 Å². The summed E-state index contributed by atoms with van der Waals surface area (Å²) in [4.78, 5) is 5.67.